The van der Waals surface area contributed by atoms with Gasteiger partial charge in [0.2, 0.25) is 0 Å². The normalized spacial score (nSPS) is 14.0. The molecule has 1 aliphatic rings. The van der Waals surface area contributed by atoms with Gasteiger partial charge < -0.3 is 15.1 Å². The van der Waals surface area contributed by atoms with Crippen molar-refractivity contribution in [2.24, 2.45) is 0 Å². The Labute approximate surface area is 211 Å². The Balaban J connectivity index is 1.41. The van der Waals surface area contributed by atoms with Crippen molar-refractivity contribution >= 4 is 60.7 Å². The minimum Gasteiger partial charge on any atom is -0.353 e. The maximum atomic E-state index is 13.3. The van der Waals surface area contributed by atoms with E-state index in [1.165, 1.54) is 11.3 Å². The number of aryl methyl sites for hydroxylation is 3. The van der Waals surface area contributed by atoms with Crippen LogP contribution in [-0.4, -0.2) is 47.0 Å². The molecule has 7 nitrogen and oxygen atoms in total. The molecule has 0 saturated carbocycles. The summed E-state index contributed by atoms with van der Waals surface area (Å²) in [4.78, 5) is 33.0. The summed E-state index contributed by atoms with van der Waals surface area (Å²) in [6.45, 7) is 9.38. The molecule has 1 aliphatic heterocycles. The van der Waals surface area contributed by atoms with Crippen molar-refractivity contribution in [3.8, 4) is 0 Å². The van der Waals surface area contributed by atoms with E-state index in [2.05, 4.69) is 46.0 Å². The van der Waals surface area contributed by atoms with Crippen molar-refractivity contribution in [2.45, 2.75) is 20.8 Å². The molecule has 3 aromatic heterocycles. The number of anilines is 3. The average Bonchev–Trinajstić information content (AvgIpc) is 3.19. The van der Waals surface area contributed by atoms with Gasteiger partial charge in [0.25, 0.3) is 5.91 Å². The van der Waals surface area contributed by atoms with Crippen molar-refractivity contribution in [1.29, 1.82) is 0 Å². The summed E-state index contributed by atoms with van der Waals surface area (Å²) in [6, 6.07) is 10.0. The Morgan fingerprint density at radius 1 is 1.00 bits per heavy atom. The van der Waals surface area contributed by atoms with Gasteiger partial charge in [-0.1, -0.05) is 22.0 Å². The number of fused-ring (bicyclic) bond motifs is 1. The van der Waals surface area contributed by atoms with Crippen LogP contribution < -0.4 is 15.1 Å². The largest absolute Gasteiger partial charge is 0.353 e. The van der Waals surface area contributed by atoms with Crippen LogP contribution in [0.2, 0.25) is 0 Å². The molecule has 34 heavy (non-hydrogen) atoms. The number of piperazine rings is 1. The first-order valence-electron chi connectivity index (χ1n) is 11.2. The van der Waals surface area contributed by atoms with Gasteiger partial charge in [0.15, 0.2) is 0 Å². The maximum Gasteiger partial charge on any atom is 0.266 e. The molecule has 4 aromatic rings. The summed E-state index contributed by atoms with van der Waals surface area (Å²) in [5.74, 6) is 1.79. The number of hydrogen-bond donors (Lipinski definition) is 1. The Bertz CT molecular complexity index is 1340. The number of aromatic nitrogens is 3. The molecule has 1 fully saturated rings. The van der Waals surface area contributed by atoms with Crippen molar-refractivity contribution in [1.82, 2.24) is 15.0 Å². The number of nitrogens with one attached hydrogen (secondary N) is 1. The molecule has 1 saturated heterocycles. The van der Waals surface area contributed by atoms with Gasteiger partial charge in [0.05, 0.1) is 10.3 Å². The number of pyridine rings is 1. The predicted octanol–water partition coefficient (Wildman–Crippen LogP) is 5.35. The molecule has 0 bridgehead atoms. The highest BCUT2D eigenvalue weighted by molar-refractivity contribution is 9.10. The molecule has 9 heteroatoms. The minimum absolute atomic E-state index is 0.111. The second kappa shape index (κ2) is 9.31. The molecule has 174 valence electrons. The number of nitrogens with zero attached hydrogens (tertiary/aromatic N) is 5. The van der Waals surface area contributed by atoms with Gasteiger partial charge >= 0.3 is 0 Å². The summed E-state index contributed by atoms with van der Waals surface area (Å²) in [6.07, 6.45) is 3.43. The molecule has 0 unspecified atom stereocenters. The topological polar surface area (TPSA) is 74.2 Å². The van der Waals surface area contributed by atoms with Crippen LogP contribution in [0.1, 0.15) is 26.4 Å². The number of hydrogen-bond acceptors (Lipinski definition) is 7. The third-order valence-electron chi connectivity index (χ3n) is 6.20. The molecular weight excluding hydrogens is 512 g/mol. The van der Waals surface area contributed by atoms with Gasteiger partial charge in [-0.05, 0) is 61.7 Å². The van der Waals surface area contributed by atoms with Crippen LogP contribution >= 0.6 is 27.3 Å². The molecule has 5 rings (SSSR count). The van der Waals surface area contributed by atoms with E-state index in [4.69, 9.17) is 0 Å². The monoisotopic (exact) mass is 536 g/mol. The van der Waals surface area contributed by atoms with E-state index < -0.39 is 0 Å². The summed E-state index contributed by atoms with van der Waals surface area (Å²) in [5, 5.41) is 4.09. The lowest BCUT2D eigenvalue weighted by molar-refractivity contribution is 0.103. The van der Waals surface area contributed by atoms with E-state index in [9.17, 15) is 4.79 Å². The standard InChI is InChI=1S/C25H25BrN6OS/c1-15-12-18(26)13-16(2)21(15)30-24(33)22-17(3)20-23(28-14-29-25(20)34-22)32-10-8-31(9-11-32)19-6-4-5-7-27-19/h4-7,12-14H,8-11H2,1-3H3,(H,30,33). The Morgan fingerprint density at radius 3 is 2.38 bits per heavy atom. The molecule has 0 radical (unpaired) electrons. The van der Waals surface area contributed by atoms with Crippen LogP contribution in [0.3, 0.4) is 0 Å². The van der Waals surface area contributed by atoms with Crippen molar-refractivity contribution in [3.05, 3.63) is 68.9 Å². The summed E-state index contributed by atoms with van der Waals surface area (Å²) >= 11 is 4.94. The zero-order valence-corrected chi connectivity index (χ0v) is 21.7. The molecule has 1 amide bonds. The third-order valence-corrected chi connectivity index (χ3v) is 7.86. The number of thiophene rings is 1. The second-order valence-corrected chi connectivity index (χ2v) is 10.4. The number of carbonyl (C=O) groups is 1. The fourth-order valence-corrected chi connectivity index (χ4v) is 6.20. The lowest BCUT2D eigenvalue weighted by Crippen LogP contribution is -2.47. The number of amides is 1. The number of halogens is 1. The Kier molecular flexibility index (Phi) is 6.22. The highest BCUT2D eigenvalue weighted by atomic mass is 79.9. The van der Waals surface area contributed by atoms with Crippen LogP contribution in [0.25, 0.3) is 10.2 Å². The molecule has 4 heterocycles. The van der Waals surface area contributed by atoms with Gasteiger partial charge in [-0.15, -0.1) is 11.3 Å². The molecular formula is C25H25BrN6OS. The minimum atomic E-state index is -0.111. The van der Waals surface area contributed by atoms with E-state index in [0.717, 1.165) is 74.9 Å². The summed E-state index contributed by atoms with van der Waals surface area (Å²) < 4.78 is 1.00. The number of carbonyl (C=O) groups excluding carboxylic acids is 1. The molecule has 0 aliphatic carbocycles. The lowest BCUT2D eigenvalue weighted by Gasteiger charge is -2.36. The van der Waals surface area contributed by atoms with Gasteiger partial charge in [-0.2, -0.15) is 0 Å². The third kappa shape index (κ3) is 4.25. The van der Waals surface area contributed by atoms with Crippen molar-refractivity contribution in [2.75, 3.05) is 41.3 Å². The van der Waals surface area contributed by atoms with Gasteiger partial charge in [-0.3, -0.25) is 4.79 Å². The summed E-state index contributed by atoms with van der Waals surface area (Å²) in [5.41, 5.74) is 3.81. The zero-order chi connectivity index (χ0) is 23.8. The number of rotatable bonds is 4. The second-order valence-electron chi connectivity index (χ2n) is 8.46. The molecule has 0 atom stereocenters. The fraction of sp³-hybridized carbons (Fsp3) is 0.280. The van der Waals surface area contributed by atoms with Crippen molar-refractivity contribution < 1.29 is 4.79 Å². The van der Waals surface area contributed by atoms with E-state index in [1.54, 1.807) is 6.33 Å². The predicted molar refractivity (Wildman–Crippen MR) is 142 cm³/mol. The molecule has 0 spiro atoms. The van der Waals surface area contributed by atoms with Crippen LogP contribution in [0.4, 0.5) is 17.3 Å². The first-order valence-corrected chi connectivity index (χ1v) is 12.8. The van der Waals surface area contributed by atoms with Crippen LogP contribution in [0.15, 0.2) is 47.3 Å². The maximum absolute atomic E-state index is 13.3. The van der Waals surface area contributed by atoms with Gasteiger partial charge in [-0.25, -0.2) is 15.0 Å². The first-order chi connectivity index (χ1) is 16.4. The highest BCUT2D eigenvalue weighted by Crippen LogP contribution is 2.36. The molecule has 1 aromatic carbocycles. The fourth-order valence-electron chi connectivity index (χ4n) is 4.48. The van der Waals surface area contributed by atoms with E-state index >= 15 is 0 Å². The van der Waals surface area contributed by atoms with Crippen molar-refractivity contribution in [3.63, 3.8) is 0 Å². The van der Waals surface area contributed by atoms with Gasteiger partial charge in [0, 0.05) is 42.5 Å². The first kappa shape index (κ1) is 22.7. The zero-order valence-electron chi connectivity index (χ0n) is 19.3. The van der Waals surface area contributed by atoms with Crippen LogP contribution in [0, 0.1) is 20.8 Å². The Hall–Kier alpha value is -3.04. The quantitative estimate of drug-likeness (QED) is 0.378. The summed E-state index contributed by atoms with van der Waals surface area (Å²) in [7, 11) is 0. The van der Waals surface area contributed by atoms with E-state index in [0.29, 0.717) is 4.88 Å². The smallest absolute Gasteiger partial charge is 0.266 e. The van der Waals surface area contributed by atoms with E-state index in [-0.39, 0.29) is 5.91 Å². The molecule has 1 N–H and O–H groups in total. The average molecular weight is 537 g/mol. The lowest BCUT2D eigenvalue weighted by atomic mass is 10.1. The Morgan fingerprint density at radius 2 is 1.71 bits per heavy atom. The SMILES string of the molecule is Cc1cc(Br)cc(C)c1NC(=O)c1sc2ncnc(N3CCN(c4ccccn4)CC3)c2c1C. The number of benzene rings is 1. The van der Waals surface area contributed by atoms with E-state index in [1.807, 2.05) is 57.3 Å². The van der Waals surface area contributed by atoms with Crippen LogP contribution in [0.5, 0.6) is 0 Å². The highest BCUT2D eigenvalue weighted by Gasteiger charge is 2.25. The van der Waals surface area contributed by atoms with Gasteiger partial charge in [0.1, 0.15) is 22.8 Å². The van der Waals surface area contributed by atoms with Crippen LogP contribution in [-0.2, 0) is 0 Å².